The van der Waals surface area contributed by atoms with Crippen LogP contribution in [0.5, 0.6) is 0 Å². The molecule has 1 fully saturated rings. The molecule has 0 aliphatic carbocycles. The molecule has 206 valence electrons. The second-order valence-corrected chi connectivity index (χ2v) is 11.3. The van der Waals surface area contributed by atoms with Gasteiger partial charge in [-0.25, -0.2) is 4.68 Å². The van der Waals surface area contributed by atoms with Crippen molar-refractivity contribution >= 4 is 64.9 Å². The topological polar surface area (TPSA) is 202 Å². The molecule has 0 bridgehead atoms. The number of thioether (sulfide) groups is 3. The summed E-state index contributed by atoms with van der Waals surface area (Å²) < 4.78 is 1.44. The number of fused-ring (bicyclic) bond motifs is 1. The zero-order chi connectivity index (χ0) is 28.1. The van der Waals surface area contributed by atoms with Crippen molar-refractivity contribution in [3.05, 3.63) is 47.2 Å². The van der Waals surface area contributed by atoms with Crippen LogP contribution in [0.3, 0.4) is 0 Å². The van der Waals surface area contributed by atoms with Crippen molar-refractivity contribution < 1.29 is 93.3 Å². The van der Waals surface area contributed by atoms with E-state index in [0.717, 1.165) is 16.7 Å². The second-order valence-electron chi connectivity index (χ2n) is 8.29. The summed E-state index contributed by atoms with van der Waals surface area (Å²) in [5, 5.41) is 38.7. The maximum absolute atomic E-state index is 13.2. The number of hydrogen-bond donors (Lipinski definition) is 2. The molecule has 14 nitrogen and oxygen atoms in total. The van der Waals surface area contributed by atoms with Crippen LogP contribution in [-0.2, 0) is 31.0 Å². The van der Waals surface area contributed by atoms with Gasteiger partial charge in [-0.15, -0.1) is 28.6 Å². The van der Waals surface area contributed by atoms with E-state index in [2.05, 4.69) is 26.2 Å². The molecule has 1 unspecified atom stereocenters. The summed E-state index contributed by atoms with van der Waals surface area (Å²) in [6.07, 6.45) is 0. The summed E-state index contributed by atoms with van der Waals surface area (Å²) in [6.45, 7) is 0. The summed E-state index contributed by atoms with van der Waals surface area (Å²) in [5.74, 6) is -4.81. The number of carbonyl (C=O) groups is 5. The molecule has 2 aliphatic heterocycles. The van der Waals surface area contributed by atoms with Gasteiger partial charge in [0.2, 0.25) is 17.0 Å². The molecule has 41 heavy (non-hydrogen) atoms. The number of β-lactam (4-membered cyclic amide) rings is 1. The number of aliphatic carboxylic acids is 2. The molecular weight excluding hydrogens is 616 g/mol. The van der Waals surface area contributed by atoms with Crippen LogP contribution in [0, 0.1) is 0 Å². The van der Waals surface area contributed by atoms with E-state index in [1.807, 2.05) is 0 Å². The van der Waals surface area contributed by atoms with Crippen molar-refractivity contribution in [2.45, 2.75) is 22.6 Å². The zero-order valence-electron chi connectivity index (χ0n) is 22.3. The molecule has 2 N–H and O–H groups in total. The predicted molar refractivity (Wildman–Crippen MR) is 136 cm³/mol. The third-order valence-corrected chi connectivity index (χ3v) is 8.99. The van der Waals surface area contributed by atoms with Crippen LogP contribution in [0.1, 0.15) is 11.6 Å². The third-order valence-electron chi connectivity index (χ3n) is 5.65. The number of tetrazole rings is 1. The normalized spacial score (nSPS) is 18.2. The van der Waals surface area contributed by atoms with Gasteiger partial charge in [-0.05, 0) is 21.6 Å². The Morgan fingerprint density at radius 1 is 1.15 bits per heavy atom. The minimum atomic E-state index is -1.51. The molecule has 2 aromatic rings. The molecule has 4 rings (SSSR count). The molecule has 2 aliphatic rings. The second kappa shape index (κ2) is 16.3. The number of carboxylic acid groups (broad SMARTS) is 2. The average molecular weight is 638 g/mol. The number of carbonyl (C=O) groups excluding carboxylic acids is 5. The van der Waals surface area contributed by atoms with E-state index < -0.39 is 47.1 Å². The first kappa shape index (κ1) is 35.6. The number of aryl methyl sites for hydroxylation is 1. The number of nitrogens with one attached hydrogen (secondary N) is 2. The Balaban J connectivity index is 0.00000294. The largest absolute Gasteiger partial charge is 1.00 e. The van der Waals surface area contributed by atoms with Gasteiger partial charge in [0.25, 0.3) is 5.91 Å². The summed E-state index contributed by atoms with van der Waals surface area (Å²) in [5.41, 5.74) is 0.668. The van der Waals surface area contributed by atoms with Gasteiger partial charge in [-0.2, -0.15) is 0 Å². The van der Waals surface area contributed by atoms with E-state index >= 15 is 0 Å². The molecular formula is C22H21N7Na2O7S3. The van der Waals surface area contributed by atoms with E-state index in [-0.39, 0.29) is 87.8 Å². The molecule has 0 spiro atoms. The van der Waals surface area contributed by atoms with E-state index in [9.17, 15) is 34.2 Å². The van der Waals surface area contributed by atoms with Crippen molar-refractivity contribution in [3.8, 4) is 0 Å². The quantitative estimate of drug-likeness (QED) is 0.126. The van der Waals surface area contributed by atoms with E-state index in [1.165, 1.54) is 28.2 Å². The van der Waals surface area contributed by atoms with Gasteiger partial charge in [0.05, 0.1) is 23.4 Å². The molecule has 0 radical (unpaired) electrons. The standard InChI is InChI=1S/C22H23N7O7S3.2Na/c1-28-22(25-26-27-28)39-8-12-7-38-20-16(19(34)29(20)17(12)21(35)36)24-18(33)15(11-5-3-2-4-6-11)23-13(30)9-37-10-14(31)32;;/h2-6,15-16,20H,7-10H2,1H3,(H,23,30)(H,24,33)(H,31,32)(H,35,36);;/q;2*+1/p-2/t15?,16-,20-;;/m1../s1. The van der Waals surface area contributed by atoms with E-state index in [0.29, 0.717) is 16.3 Å². The number of rotatable bonds is 12. The minimum absolute atomic E-state index is 0. The fourth-order valence-corrected chi connectivity index (χ4v) is 6.76. The maximum Gasteiger partial charge on any atom is 1.00 e. The fraction of sp³-hybridized carbons (Fsp3) is 0.364. The van der Waals surface area contributed by atoms with Gasteiger partial charge in [0, 0.05) is 24.3 Å². The van der Waals surface area contributed by atoms with Crippen molar-refractivity contribution in [2.24, 2.45) is 7.05 Å². The summed E-state index contributed by atoms with van der Waals surface area (Å²) >= 11 is 3.32. The molecule has 3 heterocycles. The van der Waals surface area contributed by atoms with Crippen LogP contribution in [-0.4, -0.2) is 89.2 Å². The number of amides is 3. The monoisotopic (exact) mass is 637 g/mol. The Bertz CT molecular complexity index is 1330. The molecule has 1 saturated heterocycles. The Labute approximate surface area is 291 Å². The minimum Gasteiger partial charge on any atom is -0.549 e. The maximum atomic E-state index is 13.2. The van der Waals surface area contributed by atoms with Crippen molar-refractivity contribution in [1.82, 2.24) is 35.7 Å². The number of carboxylic acids is 2. The molecule has 3 atom stereocenters. The van der Waals surface area contributed by atoms with Crippen LogP contribution < -0.4 is 80.0 Å². The van der Waals surface area contributed by atoms with Crippen molar-refractivity contribution in [3.63, 3.8) is 0 Å². The molecule has 19 heteroatoms. The van der Waals surface area contributed by atoms with Crippen molar-refractivity contribution in [1.29, 1.82) is 0 Å². The smallest absolute Gasteiger partial charge is 0.549 e. The Morgan fingerprint density at radius 3 is 2.46 bits per heavy atom. The number of benzene rings is 1. The number of aromatic nitrogens is 4. The first-order chi connectivity index (χ1) is 18.7. The number of nitrogens with zero attached hydrogens (tertiary/aromatic N) is 5. The summed E-state index contributed by atoms with van der Waals surface area (Å²) in [7, 11) is 1.64. The van der Waals surface area contributed by atoms with E-state index in [1.54, 1.807) is 37.4 Å². The van der Waals surface area contributed by atoms with Gasteiger partial charge >= 0.3 is 59.1 Å². The van der Waals surface area contributed by atoms with Gasteiger partial charge < -0.3 is 30.4 Å². The fourth-order valence-electron chi connectivity index (χ4n) is 3.89. The zero-order valence-corrected chi connectivity index (χ0v) is 28.7. The van der Waals surface area contributed by atoms with Gasteiger partial charge in [-0.3, -0.25) is 19.3 Å². The Morgan fingerprint density at radius 2 is 1.85 bits per heavy atom. The predicted octanol–water partition coefficient (Wildman–Crippen LogP) is -8.95. The third kappa shape index (κ3) is 8.73. The molecule has 0 saturated carbocycles. The summed E-state index contributed by atoms with van der Waals surface area (Å²) in [6, 6.07) is 6.13. The SMILES string of the molecule is Cn1nnnc1SCC1=C(C(=O)[O-])N2C(=O)[C@@H](NC(=O)C(NC(=O)CSCC(=O)[O-])c3ccccc3)[C@H]2SC1.[Na+].[Na+]. The van der Waals surface area contributed by atoms with Crippen LogP contribution >= 0.6 is 35.3 Å². The van der Waals surface area contributed by atoms with Gasteiger partial charge in [0.1, 0.15) is 17.5 Å². The molecule has 1 aromatic heterocycles. The first-order valence-corrected chi connectivity index (χ1v) is 14.5. The molecule has 3 amide bonds. The summed E-state index contributed by atoms with van der Waals surface area (Å²) in [4.78, 5) is 62.4. The Kier molecular flexibility index (Phi) is 14.2. The van der Waals surface area contributed by atoms with E-state index in [4.69, 9.17) is 0 Å². The number of hydrogen-bond acceptors (Lipinski definition) is 13. The molecule has 1 aromatic carbocycles. The van der Waals surface area contributed by atoms with Crippen LogP contribution in [0.4, 0.5) is 0 Å². The van der Waals surface area contributed by atoms with Crippen LogP contribution in [0.15, 0.2) is 46.8 Å². The van der Waals surface area contributed by atoms with Crippen LogP contribution in [0.2, 0.25) is 0 Å². The average Bonchev–Trinajstić information content (AvgIpc) is 3.32. The Hall–Kier alpha value is -1.57. The first-order valence-electron chi connectivity index (χ1n) is 11.3. The van der Waals surface area contributed by atoms with Gasteiger partial charge in [-0.1, -0.05) is 42.1 Å². The van der Waals surface area contributed by atoms with Gasteiger partial charge in [0.15, 0.2) is 0 Å². The van der Waals surface area contributed by atoms with Crippen molar-refractivity contribution in [2.75, 3.05) is 23.0 Å². The van der Waals surface area contributed by atoms with Crippen LogP contribution in [0.25, 0.3) is 0 Å².